The number of hydrogen-bond acceptors (Lipinski definition) is 2. The summed E-state index contributed by atoms with van der Waals surface area (Å²) in [6.45, 7) is 13.1. The lowest BCUT2D eigenvalue weighted by Gasteiger charge is -2.32. The molecule has 202 valence electrons. The highest BCUT2D eigenvalue weighted by Gasteiger charge is 2.30. The first-order chi connectivity index (χ1) is 18.1. The van der Waals surface area contributed by atoms with Crippen molar-refractivity contribution >= 4 is 11.8 Å². The number of benzene rings is 3. The van der Waals surface area contributed by atoms with E-state index in [4.69, 9.17) is 0 Å². The van der Waals surface area contributed by atoms with Crippen LogP contribution in [0.3, 0.4) is 0 Å². The van der Waals surface area contributed by atoms with Gasteiger partial charge in [-0.05, 0) is 54.4 Å². The van der Waals surface area contributed by atoms with E-state index in [1.807, 2.05) is 49.4 Å². The topological polar surface area (TPSA) is 49.4 Å². The van der Waals surface area contributed by atoms with E-state index in [1.165, 1.54) is 11.1 Å². The highest BCUT2D eigenvalue weighted by molar-refractivity contribution is 5.88. The quantitative estimate of drug-likeness (QED) is 0.308. The van der Waals surface area contributed by atoms with Gasteiger partial charge < -0.3 is 10.2 Å². The molecule has 2 atom stereocenters. The van der Waals surface area contributed by atoms with Crippen molar-refractivity contribution in [3.8, 4) is 0 Å². The van der Waals surface area contributed by atoms with E-state index in [9.17, 15) is 9.59 Å². The molecule has 0 saturated heterocycles. The van der Waals surface area contributed by atoms with Gasteiger partial charge in [-0.1, -0.05) is 112 Å². The summed E-state index contributed by atoms with van der Waals surface area (Å²) < 4.78 is 0. The Morgan fingerprint density at radius 2 is 1.45 bits per heavy atom. The molecule has 2 amide bonds. The summed E-state index contributed by atoms with van der Waals surface area (Å²) in [4.78, 5) is 29.2. The van der Waals surface area contributed by atoms with E-state index in [1.54, 1.807) is 4.90 Å². The fourth-order valence-corrected chi connectivity index (χ4v) is 4.45. The van der Waals surface area contributed by atoms with Gasteiger partial charge in [0.05, 0.1) is 0 Å². The van der Waals surface area contributed by atoms with Crippen molar-refractivity contribution in [1.82, 2.24) is 10.2 Å². The predicted molar refractivity (Wildman–Crippen MR) is 157 cm³/mol. The lowest BCUT2D eigenvalue weighted by atomic mass is 9.86. The number of nitrogens with zero attached hydrogens (tertiary/aromatic N) is 1. The molecule has 38 heavy (non-hydrogen) atoms. The molecule has 4 nitrogen and oxygen atoms in total. The van der Waals surface area contributed by atoms with Crippen molar-refractivity contribution in [2.45, 2.75) is 91.3 Å². The minimum atomic E-state index is -0.594. The molecule has 0 saturated carbocycles. The number of carbonyl (C=O) groups excluding carboxylic acids is 2. The minimum Gasteiger partial charge on any atom is -0.352 e. The summed E-state index contributed by atoms with van der Waals surface area (Å²) >= 11 is 0. The molecule has 2 unspecified atom stereocenters. The van der Waals surface area contributed by atoms with Crippen LogP contribution in [0, 0.1) is 6.92 Å². The Labute approximate surface area is 229 Å². The van der Waals surface area contributed by atoms with Crippen LogP contribution in [0.2, 0.25) is 0 Å². The number of carbonyl (C=O) groups is 2. The normalized spacial score (nSPS) is 13.0. The molecule has 0 radical (unpaired) electrons. The average Bonchev–Trinajstić information content (AvgIpc) is 2.90. The predicted octanol–water partition coefficient (Wildman–Crippen LogP) is 6.78. The third-order valence-electron chi connectivity index (χ3n) is 7.19. The molecular weight excluding hydrogens is 468 g/mol. The second-order valence-corrected chi connectivity index (χ2v) is 11.5. The third kappa shape index (κ3) is 8.58. The molecular formula is C34H44N2O2. The van der Waals surface area contributed by atoms with Crippen LogP contribution in [0.15, 0.2) is 78.9 Å². The molecule has 4 heteroatoms. The van der Waals surface area contributed by atoms with Crippen LogP contribution in [0.25, 0.3) is 0 Å². The molecule has 1 N–H and O–H groups in total. The Bertz CT molecular complexity index is 1160. The maximum absolute atomic E-state index is 13.9. The van der Waals surface area contributed by atoms with Crippen molar-refractivity contribution in [1.29, 1.82) is 0 Å². The van der Waals surface area contributed by atoms with Gasteiger partial charge >= 0.3 is 0 Å². The lowest BCUT2D eigenvalue weighted by molar-refractivity contribution is -0.141. The second kappa shape index (κ2) is 13.4. The highest BCUT2D eigenvalue weighted by atomic mass is 16.2. The Morgan fingerprint density at radius 3 is 2.03 bits per heavy atom. The zero-order chi connectivity index (χ0) is 27.7. The van der Waals surface area contributed by atoms with E-state index in [0.717, 1.165) is 23.1 Å². The zero-order valence-electron chi connectivity index (χ0n) is 24.0. The summed E-state index contributed by atoms with van der Waals surface area (Å²) in [5.41, 5.74) is 5.72. The van der Waals surface area contributed by atoms with Crippen LogP contribution in [0.1, 0.15) is 75.3 Å². The number of amides is 2. The summed E-state index contributed by atoms with van der Waals surface area (Å²) in [7, 11) is 0. The van der Waals surface area contributed by atoms with Gasteiger partial charge in [0.15, 0.2) is 0 Å². The molecule has 0 aliphatic rings. The van der Waals surface area contributed by atoms with Crippen LogP contribution >= 0.6 is 0 Å². The van der Waals surface area contributed by atoms with Crippen molar-refractivity contribution in [2.75, 3.05) is 0 Å². The highest BCUT2D eigenvalue weighted by Crippen LogP contribution is 2.23. The van der Waals surface area contributed by atoms with Crippen LogP contribution in [0.5, 0.6) is 0 Å². The Morgan fingerprint density at radius 1 is 0.842 bits per heavy atom. The van der Waals surface area contributed by atoms with Gasteiger partial charge in [0, 0.05) is 25.4 Å². The molecule has 0 aliphatic carbocycles. The van der Waals surface area contributed by atoms with Gasteiger partial charge in [-0.15, -0.1) is 0 Å². The van der Waals surface area contributed by atoms with Crippen LogP contribution in [-0.4, -0.2) is 28.8 Å². The van der Waals surface area contributed by atoms with E-state index in [0.29, 0.717) is 25.8 Å². The van der Waals surface area contributed by atoms with E-state index in [-0.39, 0.29) is 23.3 Å². The van der Waals surface area contributed by atoms with Crippen LogP contribution < -0.4 is 5.32 Å². The SMILES string of the molecule is CCC(C)NC(=O)C(Cc1ccccc1)N(Cc1ccc(C)cc1)C(=O)CCc1ccc(C(C)(C)C)cc1. The molecule has 3 aromatic rings. The molecule has 3 aromatic carbocycles. The van der Waals surface area contributed by atoms with Crippen molar-refractivity contribution in [3.05, 3.63) is 107 Å². The van der Waals surface area contributed by atoms with E-state index < -0.39 is 6.04 Å². The molecule has 0 heterocycles. The Balaban J connectivity index is 1.88. The maximum atomic E-state index is 13.9. The molecule has 0 spiro atoms. The molecule has 0 fully saturated rings. The van der Waals surface area contributed by atoms with Gasteiger partial charge in [0.1, 0.15) is 6.04 Å². The molecule has 0 aromatic heterocycles. The minimum absolute atomic E-state index is 0.00861. The first-order valence-electron chi connectivity index (χ1n) is 13.9. The van der Waals surface area contributed by atoms with Crippen LogP contribution in [0.4, 0.5) is 0 Å². The monoisotopic (exact) mass is 512 g/mol. The Hall–Kier alpha value is -3.40. The number of rotatable bonds is 11. The van der Waals surface area contributed by atoms with Gasteiger partial charge in [-0.25, -0.2) is 0 Å². The molecule has 0 aliphatic heterocycles. The molecule has 3 rings (SSSR count). The zero-order valence-corrected chi connectivity index (χ0v) is 24.0. The average molecular weight is 513 g/mol. The standard InChI is InChI=1S/C34H44N2O2/c1-7-26(3)35-33(38)31(23-28-11-9-8-10-12-28)36(24-29-15-13-25(2)14-16-29)32(37)22-19-27-17-20-30(21-18-27)34(4,5)6/h8-18,20-21,26,31H,7,19,22-24H2,1-6H3,(H,35,38). The van der Waals surface area contributed by atoms with Crippen LogP contribution in [-0.2, 0) is 34.4 Å². The van der Waals surface area contributed by atoms with Crippen molar-refractivity contribution in [3.63, 3.8) is 0 Å². The van der Waals surface area contributed by atoms with Crippen molar-refractivity contribution in [2.24, 2.45) is 0 Å². The summed E-state index contributed by atoms with van der Waals surface area (Å²) in [5, 5.41) is 3.14. The largest absolute Gasteiger partial charge is 0.352 e. The smallest absolute Gasteiger partial charge is 0.243 e. The van der Waals surface area contributed by atoms with Gasteiger partial charge in [0.2, 0.25) is 11.8 Å². The lowest BCUT2D eigenvalue weighted by Crippen LogP contribution is -2.52. The Kier molecular flexibility index (Phi) is 10.3. The first-order valence-corrected chi connectivity index (χ1v) is 13.9. The van der Waals surface area contributed by atoms with Crippen molar-refractivity contribution < 1.29 is 9.59 Å². The summed E-state index contributed by atoms with van der Waals surface area (Å²) in [5.74, 6) is -0.107. The van der Waals surface area contributed by atoms with Gasteiger partial charge in [-0.2, -0.15) is 0 Å². The van der Waals surface area contributed by atoms with E-state index in [2.05, 4.69) is 76.3 Å². The summed E-state index contributed by atoms with van der Waals surface area (Å²) in [6.07, 6.45) is 2.29. The first kappa shape index (κ1) is 29.2. The number of hydrogen-bond donors (Lipinski definition) is 1. The second-order valence-electron chi connectivity index (χ2n) is 11.5. The van der Waals surface area contributed by atoms with Gasteiger partial charge in [-0.3, -0.25) is 9.59 Å². The van der Waals surface area contributed by atoms with Gasteiger partial charge in [0.25, 0.3) is 0 Å². The number of aryl methyl sites for hydroxylation is 2. The fraction of sp³-hybridized carbons (Fsp3) is 0.412. The molecule has 0 bridgehead atoms. The summed E-state index contributed by atoms with van der Waals surface area (Å²) in [6, 6.07) is 26.2. The third-order valence-corrected chi connectivity index (χ3v) is 7.19. The maximum Gasteiger partial charge on any atom is 0.243 e. The number of nitrogens with one attached hydrogen (secondary N) is 1. The fourth-order valence-electron chi connectivity index (χ4n) is 4.45. The van der Waals surface area contributed by atoms with E-state index >= 15 is 0 Å².